The Labute approximate surface area is 175 Å². The van der Waals surface area contributed by atoms with E-state index >= 15 is 0 Å². The molecule has 5 heteroatoms. The summed E-state index contributed by atoms with van der Waals surface area (Å²) < 4.78 is 0. The molecule has 0 aliphatic carbocycles. The summed E-state index contributed by atoms with van der Waals surface area (Å²) in [4.78, 5) is 11.7. The van der Waals surface area contributed by atoms with Crippen LogP contribution >= 0.6 is 0 Å². The third-order valence-electron chi connectivity index (χ3n) is 5.69. The number of rotatable bonds is 7. The lowest BCUT2D eigenvalue weighted by atomic mass is 10.0. The fourth-order valence-corrected chi connectivity index (χ4v) is 3.83. The van der Waals surface area contributed by atoms with Crippen molar-refractivity contribution in [2.24, 2.45) is 4.99 Å². The minimum Gasteiger partial charge on any atom is -0.357 e. The molecule has 1 aromatic carbocycles. The largest absolute Gasteiger partial charge is 0.357 e. The van der Waals surface area contributed by atoms with Gasteiger partial charge in [-0.15, -0.1) is 0 Å². The second-order valence-electron chi connectivity index (χ2n) is 7.86. The smallest absolute Gasteiger partial charge is 0.191 e. The Morgan fingerprint density at radius 3 is 2.59 bits per heavy atom. The van der Waals surface area contributed by atoms with Crippen LogP contribution in [0.3, 0.4) is 0 Å². The molecule has 2 N–H and O–H groups in total. The van der Waals surface area contributed by atoms with E-state index in [1.165, 1.54) is 11.1 Å². The normalized spacial score (nSPS) is 17.1. The highest BCUT2D eigenvalue weighted by Crippen LogP contribution is 2.23. The maximum atomic E-state index is 4.78. The first-order chi connectivity index (χ1) is 14.2. The van der Waals surface area contributed by atoms with E-state index in [4.69, 9.17) is 4.99 Å². The molecule has 1 fully saturated rings. The van der Waals surface area contributed by atoms with E-state index in [0.717, 1.165) is 57.1 Å². The van der Waals surface area contributed by atoms with Crippen LogP contribution < -0.4 is 10.6 Å². The second-order valence-corrected chi connectivity index (χ2v) is 7.86. The van der Waals surface area contributed by atoms with Crippen molar-refractivity contribution in [1.82, 2.24) is 20.5 Å². The van der Waals surface area contributed by atoms with Gasteiger partial charge in [0.25, 0.3) is 0 Å². The Morgan fingerprint density at radius 2 is 1.93 bits per heavy atom. The van der Waals surface area contributed by atoms with E-state index in [1.54, 1.807) is 0 Å². The number of likely N-dealkylation sites (tertiary alicyclic amines) is 1. The summed E-state index contributed by atoms with van der Waals surface area (Å²) in [7, 11) is 0. The summed E-state index contributed by atoms with van der Waals surface area (Å²) in [5.41, 5.74) is 3.69. The Bertz CT molecular complexity index is 749. The Balaban J connectivity index is 1.47. The van der Waals surface area contributed by atoms with Crippen LogP contribution in [0.1, 0.15) is 49.6 Å². The lowest BCUT2D eigenvalue weighted by Crippen LogP contribution is -2.49. The number of pyridine rings is 1. The molecular formula is C24H35N5. The molecule has 1 aromatic heterocycles. The summed E-state index contributed by atoms with van der Waals surface area (Å²) in [6, 6.07) is 16.0. The van der Waals surface area contributed by atoms with E-state index in [-0.39, 0.29) is 0 Å². The minimum atomic E-state index is 0.474. The van der Waals surface area contributed by atoms with Crippen LogP contribution in [0, 0.1) is 6.92 Å². The van der Waals surface area contributed by atoms with Gasteiger partial charge in [0.2, 0.25) is 0 Å². The Hall–Kier alpha value is -2.40. The van der Waals surface area contributed by atoms with Gasteiger partial charge in [0.05, 0.1) is 0 Å². The number of hydrogen-bond acceptors (Lipinski definition) is 3. The van der Waals surface area contributed by atoms with E-state index in [9.17, 15) is 0 Å². The summed E-state index contributed by atoms with van der Waals surface area (Å²) in [6.45, 7) is 10.3. The zero-order valence-electron chi connectivity index (χ0n) is 18.1. The van der Waals surface area contributed by atoms with Gasteiger partial charge in [-0.1, -0.05) is 36.4 Å². The molecule has 0 amide bonds. The number of nitrogens with zero attached hydrogens (tertiary/aromatic N) is 3. The second kappa shape index (κ2) is 11.0. The Kier molecular flexibility index (Phi) is 8.05. The molecule has 156 valence electrons. The SMILES string of the molecule is CCNC(=NCCc1ccc(C)nc1)NC1CCN(C(C)c2ccccc2)CC1. The van der Waals surface area contributed by atoms with Gasteiger partial charge in [0.15, 0.2) is 5.96 Å². The summed E-state index contributed by atoms with van der Waals surface area (Å²) in [5.74, 6) is 0.933. The fourth-order valence-electron chi connectivity index (χ4n) is 3.83. The Morgan fingerprint density at radius 1 is 1.17 bits per heavy atom. The van der Waals surface area contributed by atoms with Crippen LogP contribution in [-0.2, 0) is 6.42 Å². The van der Waals surface area contributed by atoms with Crippen molar-refractivity contribution in [2.75, 3.05) is 26.2 Å². The fraction of sp³-hybridized carbons (Fsp3) is 0.500. The lowest BCUT2D eigenvalue weighted by Gasteiger charge is -2.37. The van der Waals surface area contributed by atoms with Gasteiger partial charge in [-0.25, -0.2) is 0 Å². The molecule has 1 atom stereocenters. The topological polar surface area (TPSA) is 52.6 Å². The van der Waals surface area contributed by atoms with E-state index in [2.05, 4.69) is 76.8 Å². The average Bonchev–Trinajstić information content (AvgIpc) is 2.76. The maximum absolute atomic E-state index is 4.78. The van der Waals surface area contributed by atoms with Gasteiger partial charge in [-0.05, 0) is 57.2 Å². The van der Waals surface area contributed by atoms with Gasteiger partial charge < -0.3 is 10.6 Å². The predicted octanol–water partition coefficient (Wildman–Crippen LogP) is 3.71. The van der Waals surface area contributed by atoms with Crippen molar-refractivity contribution in [1.29, 1.82) is 0 Å². The van der Waals surface area contributed by atoms with Crippen molar-refractivity contribution in [3.63, 3.8) is 0 Å². The predicted molar refractivity (Wildman–Crippen MR) is 121 cm³/mol. The molecule has 0 spiro atoms. The van der Waals surface area contributed by atoms with Crippen LogP contribution in [-0.4, -0.2) is 48.1 Å². The highest BCUT2D eigenvalue weighted by molar-refractivity contribution is 5.80. The quantitative estimate of drug-likeness (QED) is 0.556. The molecule has 1 saturated heterocycles. The van der Waals surface area contributed by atoms with Crippen LogP contribution in [0.25, 0.3) is 0 Å². The third-order valence-corrected chi connectivity index (χ3v) is 5.69. The van der Waals surface area contributed by atoms with Crippen molar-refractivity contribution in [3.05, 3.63) is 65.5 Å². The maximum Gasteiger partial charge on any atom is 0.191 e. The van der Waals surface area contributed by atoms with Gasteiger partial charge >= 0.3 is 0 Å². The number of aliphatic imine (C=N–C) groups is 1. The highest BCUT2D eigenvalue weighted by Gasteiger charge is 2.23. The minimum absolute atomic E-state index is 0.474. The summed E-state index contributed by atoms with van der Waals surface area (Å²) in [6.07, 6.45) is 5.15. The van der Waals surface area contributed by atoms with Crippen molar-refractivity contribution >= 4 is 5.96 Å². The van der Waals surface area contributed by atoms with E-state index < -0.39 is 0 Å². The molecular weight excluding hydrogens is 358 g/mol. The molecule has 29 heavy (non-hydrogen) atoms. The standard InChI is InChI=1S/C24H35N5/c1-4-25-24(26-15-12-21-11-10-19(2)27-18-21)28-23-13-16-29(17-14-23)20(3)22-8-6-5-7-9-22/h5-11,18,20,23H,4,12-17H2,1-3H3,(H2,25,26,28). The van der Waals surface area contributed by atoms with Crippen LogP contribution in [0.2, 0.25) is 0 Å². The molecule has 2 heterocycles. The van der Waals surface area contributed by atoms with Gasteiger partial charge in [-0.2, -0.15) is 0 Å². The molecule has 0 bridgehead atoms. The van der Waals surface area contributed by atoms with E-state index in [0.29, 0.717) is 12.1 Å². The number of aryl methyl sites for hydroxylation is 1. The van der Waals surface area contributed by atoms with E-state index in [1.807, 2.05) is 13.1 Å². The van der Waals surface area contributed by atoms with Crippen molar-refractivity contribution in [3.8, 4) is 0 Å². The van der Waals surface area contributed by atoms with Gasteiger partial charge in [0.1, 0.15) is 0 Å². The van der Waals surface area contributed by atoms with Crippen molar-refractivity contribution < 1.29 is 0 Å². The summed E-state index contributed by atoms with van der Waals surface area (Å²) >= 11 is 0. The molecule has 5 nitrogen and oxygen atoms in total. The lowest BCUT2D eigenvalue weighted by molar-refractivity contribution is 0.158. The number of nitrogens with one attached hydrogen (secondary N) is 2. The number of piperidine rings is 1. The van der Waals surface area contributed by atoms with Crippen LogP contribution in [0.15, 0.2) is 53.7 Å². The number of benzene rings is 1. The zero-order valence-corrected chi connectivity index (χ0v) is 18.1. The first-order valence-electron chi connectivity index (χ1n) is 10.9. The molecule has 2 aromatic rings. The summed E-state index contributed by atoms with van der Waals surface area (Å²) in [5, 5.41) is 7.04. The highest BCUT2D eigenvalue weighted by atomic mass is 15.2. The molecule has 1 aliphatic heterocycles. The monoisotopic (exact) mass is 393 g/mol. The van der Waals surface area contributed by atoms with Crippen LogP contribution in [0.5, 0.6) is 0 Å². The molecule has 3 rings (SSSR count). The average molecular weight is 394 g/mol. The molecule has 1 aliphatic rings. The molecule has 0 saturated carbocycles. The first-order valence-corrected chi connectivity index (χ1v) is 10.9. The first kappa shape index (κ1) is 21.3. The molecule has 1 unspecified atom stereocenters. The zero-order chi connectivity index (χ0) is 20.5. The number of aromatic nitrogens is 1. The molecule has 0 radical (unpaired) electrons. The number of hydrogen-bond donors (Lipinski definition) is 2. The van der Waals surface area contributed by atoms with Crippen LogP contribution in [0.4, 0.5) is 0 Å². The van der Waals surface area contributed by atoms with Gasteiger partial charge in [-0.3, -0.25) is 14.9 Å². The van der Waals surface area contributed by atoms with Gasteiger partial charge in [0, 0.05) is 50.2 Å². The van der Waals surface area contributed by atoms with Crippen molar-refractivity contribution in [2.45, 2.75) is 52.1 Å². The number of guanidine groups is 1. The third kappa shape index (κ3) is 6.57.